The Hall–Kier alpha value is -1.23. The smallest absolute Gasteiger partial charge is 0.107 e. The number of aromatic nitrogens is 1. The van der Waals surface area contributed by atoms with Crippen molar-refractivity contribution in [3.63, 3.8) is 0 Å². The maximum Gasteiger partial charge on any atom is 0.107 e. The summed E-state index contributed by atoms with van der Waals surface area (Å²) in [5.74, 6) is 0. The Labute approximate surface area is 137 Å². The zero-order valence-electron chi connectivity index (χ0n) is 13.5. The van der Waals surface area contributed by atoms with Crippen molar-refractivity contribution in [1.29, 1.82) is 0 Å². The highest BCUT2D eigenvalue weighted by atomic mass is 32.1. The summed E-state index contributed by atoms with van der Waals surface area (Å²) in [5.41, 5.74) is 2.33. The molecule has 0 amide bonds. The third-order valence-corrected chi connectivity index (χ3v) is 5.27. The fourth-order valence-corrected chi connectivity index (χ4v) is 3.92. The highest BCUT2D eigenvalue weighted by Gasteiger charge is 2.20. The molecule has 4 heteroatoms. The lowest BCUT2D eigenvalue weighted by Gasteiger charge is -2.27. The van der Waals surface area contributed by atoms with Crippen molar-refractivity contribution < 1.29 is 0 Å². The quantitative estimate of drug-likeness (QED) is 0.857. The minimum absolute atomic E-state index is 0.677. The van der Waals surface area contributed by atoms with Gasteiger partial charge in [0.1, 0.15) is 5.01 Å². The zero-order chi connectivity index (χ0) is 15.4. The number of thiazole rings is 1. The highest BCUT2D eigenvalue weighted by molar-refractivity contribution is 7.09. The second-order valence-corrected chi connectivity index (χ2v) is 7.28. The molecule has 0 unspecified atom stereocenters. The molecule has 1 atom stereocenters. The maximum atomic E-state index is 4.84. The predicted molar refractivity (Wildman–Crippen MR) is 94.2 cm³/mol. The van der Waals surface area contributed by atoms with Crippen LogP contribution >= 0.6 is 11.3 Å². The van der Waals surface area contributed by atoms with E-state index < -0.39 is 0 Å². The van der Waals surface area contributed by atoms with Crippen molar-refractivity contribution in [2.45, 2.75) is 31.8 Å². The number of hydrogen-bond acceptors (Lipinski definition) is 4. The van der Waals surface area contributed by atoms with E-state index in [1.807, 2.05) is 0 Å². The number of rotatable bonds is 4. The fraction of sp³-hybridized carbons (Fsp3) is 0.500. The van der Waals surface area contributed by atoms with Crippen LogP contribution in [0.4, 0.5) is 0 Å². The Kier molecular flexibility index (Phi) is 5.24. The van der Waals surface area contributed by atoms with E-state index in [-0.39, 0.29) is 0 Å². The Morgan fingerprint density at radius 3 is 2.82 bits per heavy atom. The van der Waals surface area contributed by atoms with E-state index in [9.17, 15) is 0 Å². The Balaban J connectivity index is 1.66. The van der Waals surface area contributed by atoms with E-state index in [4.69, 9.17) is 4.98 Å². The SMILES string of the molecule is CN(C)[C@H]1CCCCN(Cc2nc(-c3ccccc3)cs2)C1. The van der Waals surface area contributed by atoms with Crippen molar-refractivity contribution in [3.8, 4) is 11.3 Å². The summed E-state index contributed by atoms with van der Waals surface area (Å²) in [6, 6.07) is 11.1. The summed E-state index contributed by atoms with van der Waals surface area (Å²) in [5, 5.41) is 3.42. The fourth-order valence-electron chi connectivity index (χ4n) is 3.08. The molecule has 1 saturated heterocycles. The highest BCUT2D eigenvalue weighted by Crippen LogP contribution is 2.23. The zero-order valence-corrected chi connectivity index (χ0v) is 14.4. The largest absolute Gasteiger partial charge is 0.305 e. The summed E-state index contributed by atoms with van der Waals surface area (Å²) in [4.78, 5) is 9.78. The lowest BCUT2D eigenvalue weighted by molar-refractivity contribution is 0.191. The van der Waals surface area contributed by atoms with Crippen LogP contribution in [0.3, 0.4) is 0 Å². The Morgan fingerprint density at radius 2 is 2.05 bits per heavy atom. The molecular weight excluding hydrogens is 290 g/mol. The van der Waals surface area contributed by atoms with Crippen LogP contribution in [0.5, 0.6) is 0 Å². The topological polar surface area (TPSA) is 19.4 Å². The minimum atomic E-state index is 0.677. The van der Waals surface area contributed by atoms with Gasteiger partial charge in [0.15, 0.2) is 0 Å². The standard InChI is InChI=1S/C18H25N3S/c1-20(2)16-10-6-7-11-21(12-16)13-18-19-17(14-22-18)15-8-4-3-5-9-15/h3-5,8-9,14,16H,6-7,10-13H2,1-2H3/t16-/m0/s1. The second kappa shape index (κ2) is 7.36. The molecule has 3 rings (SSSR count). The average Bonchev–Trinajstić information content (AvgIpc) is 2.86. The lowest BCUT2D eigenvalue weighted by atomic mass is 10.1. The molecule has 0 spiro atoms. The van der Waals surface area contributed by atoms with Crippen LogP contribution < -0.4 is 0 Å². The first-order chi connectivity index (χ1) is 10.7. The molecule has 0 saturated carbocycles. The van der Waals surface area contributed by atoms with Gasteiger partial charge in [-0.1, -0.05) is 36.8 Å². The van der Waals surface area contributed by atoms with Crippen LogP contribution in [-0.4, -0.2) is 48.0 Å². The molecule has 1 fully saturated rings. The van der Waals surface area contributed by atoms with Crippen LogP contribution in [0, 0.1) is 0 Å². The Bertz CT molecular complexity index is 579. The molecule has 22 heavy (non-hydrogen) atoms. The maximum absolute atomic E-state index is 4.84. The van der Waals surface area contributed by atoms with E-state index in [0.717, 1.165) is 18.8 Å². The van der Waals surface area contributed by atoms with E-state index in [0.29, 0.717) is 6.04 Å². The first kappa shape index (κ1) is 15.7. The van der Waals surface area contributed by atoms with Crippen LogP contribution in [0.2, 0.25) is 0 Å². The van der Waals surface area contributed by atoms with Gasteiger partial charge in [0.2, 0.25) is 0 Å². The van der Waals surface area contributed by atoms with Gasteiger partial charge < -0.3 is 4.90 Å². The molecule has 1 aromatic carbocycles. The summed E-state index contributed by atoms with van der Waals surface area (Å²) in [6.07, 6.45) is 3.96. The average molecular weight is 315 g/mol. The number of likely N-dealkylation sites (tertiary alicyclic amines) is 1. The van der Waals surface area contributed by atoms with Gasteiger partial charge in [-0.2, -0.15) is 0 Å². The normalized spacial score (nSPS) is 20.2. The molecule has 118 valence electrons. The third kappa shape index (κ3) is 3.94. The van der Waals surface area contributed by atoms with Gasteiger partial charge in [0.25, 0.3) is 0 Å². The summed E-state index contributed by atoms with van der Waals surface area (Å²) < 4.78 is 0. The van der Waals surface area contributed by atoms with Crippen molar-refractivity contribution in [3.05, 3.63) is 40.7 Å². The van der Waals surface area contributed by atoms with Gasteiger partial charge in [-0.25, -0.2) is 4.98 Å². The number of likely N-dealkylation sites (N-methyl/N-ethyl adjacent to an activating group) is 1. The van der Waals surface area contributed by atoms with E-state index in [1.165, 1.54) is 36.4 Å². The van der Waals surface area contributed by atoms with Gasteiger partial charge in [-0.05, 0) is 33.5 Å². The van der Waals surface area contributed by atoms with E-state index in [1.54, 1.807) is 11.3 Å². The molecular formula is C18H25N3S. The minimum Gasteiger partial charge on any atom is -0.305 e. The lowest BCUT2D eigenvalue weighted by Crippen LogP contribution is -2.38. The van der Waals surface area contributed by atoms with Crippen molar-refractivity contribution >= 4 is 11.3 Å². The van der Waals surface area contributed by atoms with Gasteiger partial charge in [0.05, 0.1) is 12.2 Å². The molecule has 0 bridgehead atoms. The van der Waals surface area contributed by atoms with Crippen molar-refractivity contribution in [1.82, 2.24) is 14.8 Å². The van der Waals surface area contributed by atoms with Crippen molar-refractivity contribution in [2.75, 3.05) is 27.2 Å². The molecule has 1 aliphatic rings. The summed E-state index contributed by atoms with van der Waals surface area (Å²) in [6.45, 7) is 3.35. The van der Waals surface area contributed by atoms with E-state index >= 15 is 0 Å². The Morgan fingerprint density at radius 1 is 1.23 bits per heavy atom. The molecule has 0 aliphatic carbocycles. The van der Waals surface area contributed by atoms with Crippen LogP contribution in [-0.2, 0) is 6.54 Å². The predicted octanol–water partition coefficient (Wildman–Crippen LogP) is 3.73. The van der Waals surface area contributed by atoms with E-state index in [2.05, 4.69) is 59.6 Å². The first-order valence-electron chi connectivity index (χ1n) is 8.11. The summed E-state index contributed by atoms with van der Waals surface area (Å²) >= 11 is 1.79. The first-order valence-corrected chi connectivity index (χ1v) is 8.99. The van der Waals surface area contributed by atoms with Gasteiger partial charge in [-0.3, -0.25) is 4.90 Å². The second-order valence-electron chi connectivity index (χ2n) is 6.34. The number of benzene rings is 1. The van der Waals surface area contributed by atoms with Gasteiger partial charge in [0, 0.05) is 23.5 Å². The summed E-state index contributed by atoms with van der Waals surface area (Å²) in [7, 11) is 4.40. The van der Waals surface area contributed by atoms with Gasteiger partial charge in [-0.15, -0.1) is 11.3 Å². The van der Waals surface area contributed by atoms with Crippen LogP contribution in [0.25, 0.3) is 11.3 Å². The molecule has 0 radical (unpaired) electrons. The third-order valence-electron chi connectivity index (χ3n) is 4.44. The number of nitrogens with zero attached hydrogens (tertiary/aromatic N) is 3. The molecule has 2 aromatic rings. The molecule has 2 heterocycles. The molecule has 1 aliphatic heterocycles. The number of hydrogen-bond donors (Lipinski definition) is 0. The van der Waals surface area contributed by atoms with Gasteiger partial charge >= 0.3 is 0 Å². The molecule has 1 aromatic heterocycles. The van der Waals surface area contributed by atoms with Crippen molar-refractivity contribution in [2.24, 2.45) is 0 Å². The molecule has 0 N–H and O–H groups in total. The monoisotopic (exact) mass is 315 g/mol. The molecule has 3 nitrogen and oxygen atoms in total. The van der Waals surface area contributed by atoms with Crippen LogP contribution in [0.1, 0.15) is 24.3 Å². The van der Waals surface area contributed by atoms with Crippen LogP contribution in [0.15, 0.2) is 35.7 Å².